The van der Waals surface area contributed by atoms with Gasteiger partial charge in [0.2, 0.25) is 0 Å². The van der Waals surface area contributed by atoms with Crippen molar-refractivity contribution in [1.82, 2.24) is 0 Å². The topological polar surface area (TPSA) is 37.3 Å². The number of carboxylic acids is 1. The molecule has 86 valence electrons. The molecule has 0 fully saturated rings. The Balaban J connectivity index is 2.48. The Labute approximate surface area is 99.4 Å². The molecule has 1 aromatic carbocycles. The second-order valence-corrected chi connectivity index (χ2v) is 4.69. The van der Waals surface area contributed by atoms with Crippen molar-refractivity contribution in [2.45, 2.75) is 24.7 Å². The molecule has 1 atom stereocenters. The zero-order chi connectivity index (χ0) is 11.9. The average Bonchev–Trinajstić information content (AvgIpc) is 2.63. The van der Waals surface area contributed by atoms with Crippen molar-refractivity contribution in [3.05, 3.63) is 33.8 Å². The van der Waals surface area contributed by atoms with Gasteiger partial charge >= 0.3 is 11.9 Å². The lowest BCUT2D eigenvalue weighted by Gasteiger charge is -2.20. The number of benzene rings is 1. The van der Waals surface area contributed by atoms with Crippen LogP contribution in [-0.2, 0) is 11.2 Å². The van der Waals surface area contributed by atoms with Crippen LogP contribution in [0.1, 0.15) is 23.5 Å². The van der Waals surface area contributed by atoms with E-state index in [1.165, 1.54) is 0 Å². The second-order valence-electron chi connectivity index (χ2n) is 3.83. The lowest BCUT2D eigenvalue weighted by molar-refractivity contribution is -0.168. The van der Waals surface area contributed by atoms with Crippen LogP contribution in [0, 0.1) is 0 Å². The molecule has 1 unspecified atom stereocenters. The number of halogens is 3. The van der Waals surface area contributed by atoms with E-state index >= 15 is 0 Å². The van der Waals surface area contributed by atoms with Crippen molar-refractivity contribution in [2.24, 2.45) is 0 Å². The molecule has 1 N–H and O–H groups in total. The summed E-state index contributed by atoms with van der Waals surface area (Å²) in [6, 6.07) is 5.19. The van der Waals surface area contributed by atoms with Crippen molar-refractivity contribution < 1.29 is 18.7 Å². The first-order valence-electron chi connectivity index (χ1n) is 4.83. The van der Waals surface area contributed by atoms with Gasteiger partial charge in [0.1, 0.15) is 0 Å². The van der Waals surface area contributed by atoms with Crippen LogP contribution in [0.2, 0.25) is 0 Å². The van der Waals surface area contributed by atoms with Gasteiger partial charge in [0.15, 0.2) is 0 Å². The second kappa shape index (κ2) is 3.80. The molecule has 0 aromatic heterocycles. The molecule has 0 radical (unpaired) electrons. The van der Waals surface area contributed by atoms with Gasteiger partial charge in [0, 0.05) is 4.47 Å². The largest absolute Gasteiger partial charge is 0.477 e. The van der Waals surface area contributed by atoms with E-state index in [1.54, 1.807) is 18.2 Å². The maximum absolute atomic E-state index is 13.5. The van der Waals surface area contributed by atoms with Gasteiger partial charge in [-0.15, -0.1) is 0 Å². The molecular formula is C11H9BrF2O2. The van der Waals surface area contributed by atoms with Gasteiger partial charge in [0.05, 0.1) is 5.92 Å². The minimum atomic E-state index is -3.70. The van der Waals surface area contributed by atoms with Crippen LogP contribution in [-0.4, -0.2) is 17.0 Å². The third kappa shape index (κ3) is 1.63. The maximum Gasteiger partial charge on any atom is 0.375 e. The number of carboxylic acid groups (broad SMARTS) is 1. The van der Waals surface area contributed by atoms with Gasteiger partial charge in [0.25, 0.3) is 0 Å². The molecule has 0 bridgehead atoms. The summed E-state index contributed by atoms with van der Waals surface area (Å²) in [4.78, 5) is 10.6. The highest BCUT2D eigenvalue weighted by Gasteiger charge is 2.51. The molecule has 1 aliphatic carbocycles. The smallest absolute Gasteiger partial charge is 0.375 e. The van der Waals surface area contributed by atoms with Gasteiger partial charge in [-0.1, -0.05) is 28.1 Å². The predicted molar refractivity (Wildman–Crippen MR) is 57.8 cm³/mol. The van der Waals surface area contributed by atoms with E-state index in [1.807, 2.05) is 0 Å². The fourth-order valence-electron chi connectivity index (χ4n) is 2.15. The average molecular weight is 291 g/mol. The van der Waals surface area contributed by atoms with Crippen LogP contribution < -0.4 is 0 Å². The number of rotatable bonds is 2. The first kappa shape index (κ1) is 11.5. The summed E-state index contributed by atoms with van der Waals surface area (Å²) in [6.45, 7) is 0. The number of hydrogen-bond acceptors (Lipinski definition) is 1. The number of alkyl halides is 2. The summed E-state index contributed by atoms with van der Waals surface area (Å²) in [7, 11) is 0. The van der Waals surface area contributed by atoms with E-state index in [0.717, 1.165) is 5.56 Å². The third-order valence-corrected chi connectivity index (χ3v) is 3.61. The Bertz CT molecular complexity index is 446. The molecule has 0 aliphatic heterocycles. The highest BCUT2D eigenvalue weighted by molar-refractivity contribution is 9.10. The molecule has 1 aromatic rings. The van der Waals surface area contributed by atoms with Crippen molar-refractivity contribution >= 4 is 21.9 Å². The Hall–Kier alpha value is -0.970. The van der Waals surface area contributed by atoms with E-state index in [9.17, 15) is 13.6 Å². The van der Waals surface area contributed by atoms with Gasteiger partial charge < -0.3 is 5.11 Å². The van der Waals surface area contributed by atoms with Crippen LogP contribution in [0.15, 0.2) is 22.7 Å². The van der Waals surface area contributed by atoms with E-state index in [4.69, 9.17) is 5.11 Å². The Kier molecular flexibility index (Phi) is 2.74. The highest BCUT2D eigenvalue weighted by Crippen LogP contribution is 2.46. The molecule has 1 aliphatic rings. The Morgan fingerprint density at radius 2 is 2.19 bits per heavy atom. The molecule has 2 rings (SSSR count). The lowest BCUT2D eigenvalue weighted by Crippen LogP contribution is -2.34. The standard InChI is InChI=1S/C11H9BrF2O2/c12-8-3-1-2-6-4-5-7(9(6)8)11(13,14)10(15)16/h1-3,7H,4-5H2,(H,15,16). The molecule has 2 nitrogen and oxygen atoms in total. The predicted octanol–water partition coefficient (Wildman–Crippen LogP) is 3.20. The zero-order valence-electron chi connectivity index (χ0n) is 8.21. The van der Waals surface area contributed by atoms with Crippen LogP contribution >= 0.6 is 15.9 Å². The summed E-state index contributed by atoms with van der Waals surface area (Å²) in [5, 5.41) is 8.55. The van der Waals surface area contributed by atoms with Crippen LogP contribution in [0.4, 0.5) is 8.78 Å². The summed E-state index contributed by atoms with van der Waals surface area (Å²) >= 11 is 3.20. The number of aryl methyl sites for hydroxylation is 1. The molecule has 16 heavy (non-hydrogen) atoms. The molecular weight excluding hydrogens is 282 g/mol. The molecule has 0 saturated heterocycles. The first-order valence-corrected chi connectivity index (χ1v) is 5.62. The minimum absolute atomic E-state index is 0.178. The van der Waals surface area contributed by atoms with Crippen molar-refractivity contribution in [3.63, 3.8) is 0 Å². The van der Waals surface area contributed by atoms with Gasteiger partial charge in [-0.05, 0) is 30.0 Å². The quantitative estimate of drug-likeness (QED) is 0.908. The monoisotopic (exact) mass is 290 g/mol. The van der Waals surface area contributed by atoms with E-state index in [0.29, 0.717) is 16.5 Å². The maximum atomic E-state index is 13.5. The SMILES string of the molecule is O=C(O)C(F)(F)C1CCc2cccc(Br)c21. The van der Waals surface area contributed by atoms with E-state index in [2.05, 4.69) is 15.9 Å². The number of fused-ring (bicyclic) bond motifs is 1. The van der Waals surface area contributed by atoms with Crippen LogP contribution in [0.25, 0.3) is 0 Å². The fraction of sp³-hybridized carbons (Fsp3) is 0.364. The van der Waals surface area contributed by atoms with Crippen molar-refractivity contribution in [1.29, 1.82) is 0 Å². The van der Waals surface area contributed by atoms with Gasteiger partial charge in [-0.3, -0.25) is 0 Å². The highest BCUT2D eigenvalue weighted by atomic mass is 79.9. The summed E-state index contributed by atoms with van der Waals surface area (Å²) < 4.78 is 27.5. The molecule has 0 saturated carbocycles. The fourth-order valence-corrected chi connectivity index (χ4v) is 2.83. The Morgan fingerprint density at radius 1 is 1.50 bits per heavy atom. The number of aliphatic carboxylic acids is 1. The van der Waals surface area contributed by atoms with Gasteiger partial charge in [-0.2, -0.15) is 8.78 Å². The molecule has 0 heterocycles. The van der Waals surface area contributed by atoms with Gasteiger partial charge in [-0.25, -0.2) is 4.79 Å². The zero-order valence-corrected chi connectivity index (χ0v) is 9.80. The van der Waals surface area contributed by atoms with E-state index in [-0.39, 0.29) is 6.42 Å². The Morgan fingerprint density at radius 3 is 2.81 bits per heavy atom. The number of hydrogen-bond donors (Lipinski definition) is 1. The summed E-state index contributed by atoms with van der Waals surface area (Å²) in [5.41, 5.74) is 1.25. The first-order chi connectivity index (χ1) is 7.44. The van der Waals surface area contributed by atoms with Crippen LogP contribution in [0.3, 0.4) is 0 Å². The normalized spacial score (nSPS) is 19.6. The molecule has 5 heteroatoms. The third-order valence-electron chi connectivity index (χ3n) is 2.92. The van der Waals surface area contributed by atoms with Crippen molar-refractivity contribution in [3.8, 4) is 0 Å². The minimum Gasteiger partial charge on any atom is -0.477 e. The number of carbonyl (C=O) groups is 1. The lowest BCUT2D eigenvalue weighted by atomic mass is 9.94. The van der Waals surface area contributed by atoms with E-state index < -0.39 is 17.8 Å². The van der Waals surface area contributed by atoms with Crippen LogP contribution in [0.5, 0.6) is 0 Å². The molecule has 0 amide bonds. The summed E-state index contributed by atoms with van der Waals surface area (Å²) in [5.74, 6) is -6.98. The molecule has 0 spiro atoms. The van der Waals surface area contributed by atoms with Crippen molar-refractivity contribution in [2.75, 3.05) is 0 Å². The summed E-state index contributed by atoms with van der Waals surface area (Å²) in [6.07, 6.45) is 0.680.